The number of hydrogen-bond donors (Lipinski definition) is 1. The third kappa shape index (κ3) is 4.74. The Labute approximate surface area is 231 Å². The molecule has 1 N–H and O–H groups in total. The molecular weight excluding hydrogens is 688 g/mol. The van der Waals surface area contributed by atoms with E-state index in [9.17, 15) is 9.59 Å². The number of carboxylic acids is 1. The number of hydrogen-bond acceptors (Lipinski definition) is 6. The van der Waals surface area contributed by atoms with E-state index in [1.54, 1.807) is 36.5 Å². The molecule has 180 valence electrons. The number of carbonyl (C=O) groups is 1. The summed E-state index contributed by atoms with van der Waals surface area (Å²) in [5.74, 6) is 0.141. The summed E-state index contributed by atoms with van der Waals surface area (Å²) in [6.07, 6.45) is 0.568. The minimum Gasteiger partial charge on any atom is -0.479 e. The molecule has 10 heteroatoms. The third-order valence-electron chi connectivity index (χ3n) is 5.38. The molecule has 2 aromatic heterocycles. The van der Waals surface area contributed by atoms with Crippen molar-refractivity contribution in [3.05, 3.63) is 89.8 Å². The maximum Gasteiger partial charge on any atom is 0.344 e. The lowest BCUT2D eigenvalue weighted by molar-refractivity contribution is -0.144. The first kappa shape index (κ1) is 24.4. The highest BCUT2D eigenvalue weighted by Gasteiger charge is 2.18. The number of furan rings is 1. The lowest BCUT2D eigenvalue weighted by Gasteiger charge is -2.14. The molecule has 0 saturated heterocycles. The van der Waals surface area contributed by atoms with Gasteiger partial charge < -0.3 is 14.3 Å². The fourth-order valence-corrected chi connectivity index (χ4v) is 5.67. The van der Waals surface area contributed by atoms with E-state index in [-0.39, 0.29) is 11.4 Å². The molecule has 2 heterocycles. The molecule has 5 rings (SSSR count). The van der Waals surface area contributed by atoms with E-state index in [2.05, 4.69) is 55.3 Å². The molecule has 0 aliphatic rings. The quantitative estimate of drug-likeness (QED) is 0.178. The number of rotatable bonds is 6. The van der Waals surface area contributed by atoms with Crippen LogP contribution in [0.1, 0.15) is 12.5 Å². The van der Waals surface area contributed by atoms with E-state index < -0.39 is 12.1 Å². The molecule has 8 nitrogen and oxygen atoms in total. The average Bonchev–Trinajstić information content (AvgIpc) is 3.29. The van der Waals surface area contributed by atoms with Crippen molar-refractivity contribution >= 4 is 79.2 Å². The molecule has 0 spiro atoms. The van der Waals surface area contributed by atoms with Crippen LogP contribution in [-0.4, -0.2) is 33.1 Å². The van der Waals surface area contributed by atoms with Gasteiger partial charge in [-0.1, -0.05) is 30.3 Å². The van der Waals surface area contributed by atoms with Crippen molar-refractivity contribution in [2.75, 3.05) is 0 Å². The molecule has 36 heavy (non-hydrogen) atoms. The van der Waals surface area contributed by atoms with Gasteiger partial charge in [0.05, 0.1) is 24.3 Å². The summed E-state index contributed by atoms with van der Waals surface area (Å²) in [6.45, 7) is 1.47. The van der Waals surface area contributed by atoms with E-state index >= 15 is 0 Å². The molecule has 0 radical (unpaired) electrons. The highest BCUT2D eigenvalue weighted by Crippen LogP contribution is 2.30. The van der Waals surface area contributed by atoms with Crippen LogP contribution in [0.4, 0.5) is 0 Å². The van der Waals surface area contributed by atoms with Gasteiger partial charge in [-0.25, -0.2) is 9.78 Å². The van der Waals surface area contributed by atoms with Crippen molar-refractivity contribution in [1.29, 1.82) is 0 Å². The first-order chi connectivity index (χ1) is 17.3. The van der Waals surface area contributed by atoms with E-state index in [0.29, 0.717) is 33.6 Å². The van der Waals surface area contributed by atoms with Crippen LogP contribution in [0.2, 0.25) is 0 Å². The second kappa shape index (κ2) is 10.0. The van der Waals surface area contributed by atoms with Gasteiger partial charge in [-0.2, -0.15) is 9.78 Å². The van der Waals surface area contributed by atoms with Crippen LogP contribution in [0.3, 0.4) is 0 Å². The molecule has 0 saturated carbocycles. The zero-order valence-corrected chi connectivity index (χ0v) is 23.0. The molecule has 1 atom stereocenters. The lowest BCUT2D eigenvalue weighted by atomic mass is 10.2. The maximum atomic E-state index is 13.4. The highest BCUT2D eigenvalue weighted by molar-refractivity contribution is 14.1. The van der Waals surface area contributed by atoms with Gasteiger partial charge in [0.2, 0.25) is 5.82 Å². The molecule has 3 aromatic carbocycles. The van der Waals surface area contributed by atoms with Crippen LogP contribution in [0.25, 0.3) is 33.5 Å². The zero-order valence-electron chi connectivity index (χ0n) is 18.7. The number of nitrogens with zero attached hydrogens (tertiary/aromatic N) is 3. The minimum absolute atomic E-state index is 0.283. The van der Waals surface area contributed by atoms with Gasteiger partial charge >= 0.3 is 5.97 Å². The second-order valence-corrected chi connectivity index (χ2v) is 10.2. The zero-order chi connectivity index (χ0) is 25.4. The average molecular weight is 705 g/mol. The molecule has 0 bridgehead atoms. The van der Waals surface area contributed by atoms with Crippen molar-refractivity contribution in [2.45, 2.75) is 13.0 Å². The van der Waals surface area contributed by atoms with Crippen LogP contribution in [0, 0.1) is 7.14 Å². The fourth-order valence-electron chi connectivity index (χ4n) is 3.60. The Balaban J connectivity index is 1.61. The van der Waals surface area contributed by atoms with Crippen LogP contribution in [-0.2, 0) is 4.79 Å². The smallest absolute Gasteiger partial charge is 0.344 e. The Morgan fingerprint density at radius 1 is 1.11 bits per heavy atom. The number of para-hydroxylation sites is 2. The van der Waals surface area contributed by atoms with Gasteiger partial charge in [0, 0.05) is 5.39 Å². The number of aromatic nitrogens is 2. The molecule has 5 aromatic rings. The highest BCUT2D eigenvalue weighted by atomic mass is 127. The number of carboxylic acid groups (broad SMARTS) is 1. The molecule has 0 unspecified atom stereocenters. The van der Waals surface area contributed by atoms with Gasteiger partial charge in [0.1, 0.15) is 11.3 Å². The number of ether oxygens (including phenoxy) is 1. The Morgan fingerprint density at radius 2 is 1.81 bits per heavy atom. The van der Waals surface area contributed by atoms with Crippen LogP contribution in [0.15, 0.2) is 81.0 Å². The van der Waals surface area contributed by atoms with Crippen molar-refractivity contribution < 1.29 is 19.1 Å². The SMILES string of the molecule is C[C@H](Oc1c(I)cc(C=Nn2c(-c3cc4ccccc4o3)nc3ccccc3c2=O)cc1I)C(=O)O. The van der Waals surface area contributed by atoms with Gasteiger partial charge in [0.25, 0.3) is 5.56 Å². The summed E-state index contributed by atoms with van der Waals surface area (Å²) in [7, 11) is 0. The Morgan fingerprint density at radius 3 is 2.53 bits per heavy atom. The largest absolute Gasteiger partial charge is 0.479 e. The van der Waals surface area contributed by atoms with Crippen LogP contribution >= 0.6 is 45.2 Å². The summed E-state index contributed by atoms with van der Waals surface area (Å²) >= 11 is 4.17. The van der Waals surface area contributed by atoms with Crippen LogP contribution < -0.4 is 10.3 Å². The van der Waals surface area contributed by atoms with Gasteiger partial charge in [-0.15, -0.1) is 0 Å². The van der Waals surface area contributed by atoms with E-state index in [1.807, 2.05) is 36.4 Å². The molecular formula is C26H17I2N3O5. The van der Waals surface area contributed by atoms with Gasteiger partial charge in [0.15, 0.2) is 11.9 Å². The molecule has 0 amide bonds. The second-order valence-electron chi connectivity index (χ2n) is 7.87. The van der Waals surface area contributed by atoms with E-state index in [0.717, 1.165) is 12.5 Å². The van der Waals surface area contributed by atoms with Gasteiger partial charge in [-0.05, 0) is 94.1 Å². The summed E-state index contributed by atoms with van der Waals surface area (Å²) < 4.78 is 14.3. The number of benzene rings is 3. The van der Waals surface area contributed by atoms with Crippen molar-refractivity contribution in [1.82, 2.24) is 9.66 Å². The predicted molar refractivity (Wildman–Crippen MR) is 154 cm³/mol. The molecule has 0 aliphatic carbocycles. The third-order valence-corrected chi connectivity index (χ3v) is 6.99. The normalized spacial score (nSPS) is 12.4. The minimum atomic E-state index is -1.05. The van der Waals surface area contributed by atoms with Crippen molar-refractivity contribution in [3.8, 4) is 17.3 Å². The van der Waals surface area contributed by atoms with E-state index in [1.165, 1.54) is 11.6 Å². The van der Waals surface area contributed by atoms with E-state index in [4.69, 9.17) is 14.3 Å². The fraction of sp³-hybridized carbons (Fsp3) is 0.0769. The number of fused-ring (bicyclic) bond motifs is 2. The number of aliphatic carboxylic acids is 1. The molecule has 0 fully saturated rings. The lowest BCUT2D eigenvalue weighted by Crippen LogP contribution is -2.23. The Bertz CT molecular complexity index is 1670. The summed E-state index contributed by atoms with van der Waals surface area (Å²) in [4.78, 5) is 29.3. The monoisotopic (exact) mass is 705 g/mol. The topological polar surface area (TPSA) is 107 Å². The predicted octanol–water partition coefficient (Wildman–Crippen LogP) is 5.75. The van der Waals surface area contributed by atoms with Crippen molar-refractivity contribution in [3.63, 3.8) is 0 Å². The number of halogens is 2. The first-order valence-electron chi connectivity index (χ1n) is 10.8. The maximum absolute atomic E-state index is 13.4. The summed E-state index contributed by atoms with van der Waals surface area (Å²) in [5, 5.41) is 15.0. The summed E-state index contributed by atoms with van der Waals surface area (Å²) in [5.41, 5.74) is 1.60. The van der Waals surface area contributed by atoms with Crippen LogP contribution in [0.5, 0.6) is 5.75 Å². The first-order valence-corrected chi connectivity index (χ1v) is 12.9. The standard InChI is InChI=1S/C26H17I2N3O5/c1-14(26(33)34)35-23-18(27)10-15(11-19(23)28)13-29-31-24(22-12-16-6-2-5-9-21(16)36-22)30-20-8-4-3-7-17(20)25(31)32/h2-14H,1H3,(H,33,34)/t14-/m0/s1. The Hall–Kier alpha value is -3.26. The van der Waals surface area contributed by atoms with Crippen molar-refractivity contribution in [2.24, 2.45) is 5.10 Å². The van der Waals surface area contributed by atoms with Gasteiger partial charge in [-0.3, -0.25) is 4.79 Å². The Kier molecular flexibility index (Phi) is 6.79. The molecule has 0 aliphatic heterocycles. The summed E-state index contributed by atoms with van der Waals surface area (Å²) in [6, 6.07) is 20.1.